The molecule has 1 unspecified atom stereocenters. The Labute approximate surface area is 126 Å². The van der Waals surface area contributed by atoms with Crippen LogP contribution >= 0.6 is 58.0 Å². The van der Waals surface area contributed by atoms with Crippen molar-refractivity contribution in [3.63, 3.8) is 0 Å². The van der Waals surface area contributed by atoms with E-state index in [2.05, 4.69) is 0 Å². The van der Waals surface area contributed by atoms with E-state index >= 15 is 0 Å². The maximum absolute atomic E-state index is 9.64. The van der Waals surface area contributed by atoms with Gasteiger partial charge in [-0.05, 0) is 17.5 Å². The van der Waals surface area contributed by atoms with Crippen molar-refractivity contribution >= 4 is 58.0 Å². The average molecular weight is 336 g/mol. The molecule has 0 saturated heterocycles. The van der Waals surface area contributed by atoms with Crippen molar-refractivity contribution in [1.29, 1.82) is 0 Å². The summed E-state index contributed by atoms with van der Waals surface area (Å²) in [5, 5.41) is 9.64. The lowest BCUT2D eigenvalue weighted by molar-refractivity contribution is 0.173. The highest BCUT2D eigenvalue weighted by atomic mass is 35.6. The minimum absolute atomic E-state index is 0.466. The minimum Gasteiger partial charge on any atom is -0.388 e. The first-order valence-corrected chi connectivity index (χ1v) is 6.82. The Morgan fingerprint density at radius 2 is 1.53 bits per heavy atom. The molecule has 96 valence electrons. The van der Waals surface area contributed by atoms with Gasteiger partial charge < -0.3 is 5.11 Å². The second-order valence-corrected chi connectivity index (χ2v) is 7.23. The molecule has 0 spiro atoms. The monoisotopic (exact) mass is 334 g/mol. The molecule has 1 aromatic rings. The largest absolute Gasteiger partial charge is 0.388 e. The van der Waals surface area contributed by atoms with Crippen molar-refractivity contribution in [2.45, 2.75) is 27.6 Å². The van der Waals surface area contributed by atoms with Gasteiger partial charge in [0.05, 0.1) is 6.10 Å². The average Bonchev–Trinajstić information content (AvgIpc) is 2.26. The molecule has 0 fully saturated rings. The molecule has 0 amide bonds. The fourth-order valence-corrected chi connectivity index (χ4v) is 1.89. The second-order valence-electron chi connectivity index (χ2n) is 3.62. The Morgan fingerprint density at radius 1 is 1.06 bits per heavy atom. The lowest BCUT2D eigenvalue weighted by atomic mass is 10.0. The summed E-state index contributed by atoms with van der Waals surface area (Å²) in [6, 6.07) is 6.69. The number of alkyl halides is 5. The number of rotatable bonds is 3. The highest BCUT2D eigenvalue weighted by Crippen LogP contribution is 2.52. The lowest BCUT2D eigenvalue weighted by Gasteiger charge is -2.27. The van der Waals surface area contributed by atoms with Crippen LogP contribution in [0.2, 0.25) is 0 Å². The third-order valence-corrected chi connectivity index (χ3v) is 4.83. The molecule has 0 aliphatic heterocycles. The van der Waals surface area contributed by atoms with Crippen molar-refractivity contribution in [2.24, 2.45) is 0 Å². The van der Waals surface area contributed by atoms with Gasteiger partial charge in [0.15, 0.2) is 4.33 Å². The minimum atomic E-state index is -1.83. The van der Waals surface area contributed by atoms with Crippen molar-refractivity contribution in [3.8, 4) is 0 Å². The Hall–Kier alpha value is 0.630. The molecule has 6 heteroatoms. The zero-order valence-electron chi connectivity index (χ0n) is 8.93. The zero-order chi connectivity index (χ0) is 13.3. The fourth-order valence-electron chi connectivity index (χ4n) is 1.31. The quantitative estimate of drug-likeness (QED) is 0.759. The molecular weight excluding hydrogens is 325 g/mol. The summed E-state index contributed by atoms with van der Waals surface area (Å²) >= 11 is 29.1. The molecule has 17 heavy (non-hydrogen) atoms. The molecule has 1 nitrogen and oxygen atoms in total. The van der Waals surface area contributed by atoms with E-state index in [1.54, 1.807) is 24.3 Å². The van der Waals surface area contributed by atoms with Gasteiger partial charge in [-0.25, -0.2) is 0 Å². The van der Waals surface area contributed by atoms with E-state index in [0.29, 0.717) is 12.0 Å². The van der Waals surface area contributed by atoms with E-state index in [0.717, 1.165) is 5.56 Å². The van der Waals surface area contributed by atoms with Crippen LogP contribution in [0.15, 0.2) is 24.3 Å². The first-order valence-electron chi connectivity index (χ1n) is 4.93. The van der Waals surface area contributed by atoms with Gasteiger partial charge in [-0.3, -0.25) is 0 Å². The summed E-state index contributed by atoms with van der Waals surface area (Å²) in [5.41, 5.74) is 1.23. The number of halogens is 5. The van der Waals surface area contributed by atoms with E-state index in [4.69, 9.17) is 58.0 Å². The maximum atomic E-state index is 9.64. The summed E-state index contributed by atoms with van der Waals surface area (Å²) in [4.78, 5) is 0. The van der Waals surface area contributed by atoms with Crippen LogP contribution in [0.5, 0.6) is 0 Å². The fraction of sp³-hybridized carbons (Fsp3) is 0.455. The van der Waals surface area contributed by atoms with Gasteiger partial charge in [0, 0.05) is 0 Å². The second kappa shape index (κ2) is 5.73. The topological polar surface area (TPSA) is 20.2 Å². The van der Waals surface area contributed by atoms with Gasteiger partial charge in [0.1, 0.15) is 0 Å². The first-order chi connectivity index (χ1) is 7.70. The van der Waals surface area contributed by atoms with E-state index in [1.807, 2.05) is 6.92 Å². The number of aliphatic hydroxyl groups is 1. The Morgan fingerprint density at radius 3 is 1.88 bits per heavy atom. The zero-order valence-corrected chi connectivity index (χ0v) is 12.7. The summed E-state index contributed by atoms with van der Waals surface area (Å²) in [7, 11) is 0. The molecule has 0 heterocycles. The van der Waals surface area contributed by atoms with Gasteiger partial charge in [0.2, 0.25) is 3.79 Å². The van der Waals surface area contributed by atoms with E-state index in [9.17, 15) is 5.11 Å². The van der Waals surface area contributed by atoms with E-state index < -0.39 is 14.2 Å². The summed E-state index contributed by atoms with van der Waals surface area (Å²) in [6.45, 7) is 1.88. The molecule has 0 radical (unpaired) electrons. The van der Waals surface area contributed by atoms with Crippen molar-refractivity contribution < 1.29 is 5.11 Å². The molecule has 0 saturated carbocycles. The van der Waals surface area contributed by atoms with Gasteiger partial charge in [-0.1, -0.05) is 89.2 Å². The molecule has 1 rings (SSSR count). The summed E-state index contributed by atoms with van der Waals surface area (Å²) in [6.07, 6.45) is 0.105. The lowest BCUT2D eigenvalue weighted by Crippen LogP contribution is -2.28. The highest BCUT2D eigenvalue weighted by molar-refractivity contribution is 6.75. The SMILES string of the molecule is CCC(O)c1ccc(C(Cl)(Cl)C(Cl)(Cl)Cl)cc1. The van der Waals surface area contributed by atoms with Crippen LogP contribution in [-0.2, 0) is 4.33 Å². The van der Waals surface area contributed by atoms with Crippen LogP contribution < -0.4 is 0 Å². The normalized spacial score (nSPS) is 14.8. The van der Waals surface area contributed by atoms with Crippen LogP contribution in [-0.4, -0.2) is 8.90 Å². The molecule has 1 aromatic carbocycles. The Balaban J connectivity index is 3.03. The number of benzene rings is 1. The number of hydrogen-bond donors (Lipinski definition) is 1. The molecule has 1 N–H and O–H groups in total. The molecule has 0 aromatic heterocycles. The smallest absolute Gasteiger partial charge is 0.227 e. The Kier molecular flexibility index (Phi) is 5.29. The highest BCUT2D eigenvalue weighted by Gasteiger charge is 2.47. The van der Waals surface area contributed by atoms with Gasteiger partial charge in [-0.15, -0.1) is 0 Å². The predicted molar refractivity (Wildman–Crippen MR) is 75.4 cm³/mol. The van der Waals surface area contributed by atoms with Gasteiger partial charge in [0.25, 0.3) is 0 Å². The molecule has 1 atom stereocenters. The van der Waals surface area contributed by atoms with Crippen LogP contribution in [0.1, 0.15) is 30.6 Å². The van der Waals surface area contributed by atoms with Crippen LogP contribution in [0.3, 0.4) is 0 Å². The molecular formula is C11H11Cl5O. The van der Waals surface area contributed by atoms with Crippen molar-refractivity contribution in [2.75, 3.05) is 0 Å². The maximum Gasteiger partial charge on any atom is 0.227 e. The van der Waals surface area contributed by atoms with Gasteiger partial charge >= 0.3 is 0 Å². The summed E-state index contributed by atoms with van der Waals surface area (Å²) < 4.78 is -3.46. The molecule has 0 aliphatic carbocycles. The van der Waals surface area contributed by atoms with Crippen molar-refractivity contribution in [3.05, 3.63) is 35.4 Å². The van der Waals surface area contributed by atoms with Gasteiger partial charge in [-0.2, -0.15) is 0 Å². The first kappa shape index (κ1) is 15.7. The molecule has 0 bridgehead atoms. The van der Waals surface area contributed by atoms with Crippen LogP contribution in [0.25, 0.3) is 0 Å². The summed E-state index contributed by atoms with van der Waals surface area (Å²) in [5.74, 6) is 0. The van der Waals surface area contributed by atoms with Crippen LogP contribution in [0, 0.1) is 0 Å². The third-order valence-electron chi connectivity index (χ3n) is 2.40. The molecule has 0 aliphatic rings. The van der Waals surface area contributed by atoms with Crippen molar-refractivity contribution in [1.82, 2.24) is 0 Å². The van der Waals surface area contributed by atoms with E-state index in [-0.39, 0.29) is 0 Å². The Bertz CT molecular complexity index is 368. The number of hydrogen-bond acceptors (Lipinski definition) is 1. The third kappa shape index (κ3) is 3.56. The van der Waals surface area contributed by atoms with E-state index in [1.165, 1.54) is 0 Å². The number of aliphatic hydroxyl groups excluding tert-OH is 1. The standard InChI is InChI=1S/C11H11Cl5O/c1-2-9(17)7-3-5-8(6-4-7)10(12,13)11(14,15)16/h3-6,9,17H,2H2,1H3. The van der Waals surface area contributed by atoms with Crippen LogP contribution in [0.4, 0.5) is 0 Å². The predicted octanol–water partition coefficient (Wildman–Crippen LogP) is 5.13.